The second-order valence-electron chi connectivity index (χ2n) is 4.31. The van der Waals surface area contributed by atoms with Crippen molar-refractivity contribution in [3.05, 3.63) is 0 Å². The minimum absolute atomic E-state index is 0. The molecule has 0 unspecified atom stereocenters. The van der Waals surface area contributed by atoms with Crippen LogP contribution in [0.15, 0.2) is 0 Å². The summed E-state index contributed by atoms with van der Waals surface area (Å²) in [6, 6.07) is 0. The number of aliphatic hydroxyl groups excluding tert-OH is 4. The van der Waals surface area contributed by atoms with E-state index in [1.165, 1.54) is 0 Å². The summed E-state index contributed by atoms with van der Waals surface area (Å²) in [5, 5.41) is 32.3. The molecule has 0 heterocycles. The summed E-state index contributed by atoms with van der Waals surface area (Å²) in [4.78, 5) is 0. The van der Waals surface area contributed by atoms with E-state index in [9.17, 15) is 0 Å². The SMILES string of the molecule is CCCCO.CCCCO.CCCCO.CCCCO.[H-].[H-].[Mg+2].[Ti]. The van der Waals surface area contributed by atoms with Crippen molar-refractivity contribution in [1.82, 2.24) is 0 Å². The van der Waals surface area contributed by atoms with Gasteiger partial charge in [-0.3, -0.25) is 0 Å². The summed E-state index contributed by atoms with van der Waals surface area (Å²) in [6.45, 7) is 9.58. The van der Waals surface area contributed by atoms with Gasteiger partial charge in [0.2, 0.25) is 0 Å². The van der Waals surface area contributed by atoms with Gasteiger partial charge in [-0.15, -0.1) is 0 Å². The largest absolute Gasteiger partial charge is 2.00 e. The molecule has 0 aliphatic heterocycles. The van der Waals surface area contributed by atoms with Crippen LogP contribution in [-0.4, -0.2) is 69.9 Å². The molecule has 0 amide bonds. The molecule has 0 aromatic carbocycles. The maximum Gasteiger partial charge on any atom is 2.00 e. The fraction of sp³-hybridized carbons (Fsp3) is 1.00. The van der Waals surface area contributed by atoms with Gasteiger partial charge in [0.15, 0.2) is 0 Å². The molecule has 0 fully saturated rings. The number of rotatable bonds is 8. The molecule has 136 valence electrons. The first kappa shape index (κ1) is 38.7. The molecule has 22 heavy (non-hydrogen) atoms. The van der Waals surface area contributed by atoms with E-state index in [2.05, 4.69) is 27.7 Å². The number of hydrogen-bond donors (Lipinski definition) is 4. The molecule has 0 spiro atoms. The van der Waals surface area contributed by atoms with Crippen molar-refractivity contribution in [2.75, 3.05) is 26.4 Å². The molecule has 0 aromatic heterocycles. The Labute approximate surface area is 173 Å². The first-order valence-electron chi connectivity index (χ1n) is 8.09. The Morgan fingerprint density at radius 1 is 0.500 bits per heavy atom. The molecule has 0 aromatic rings. The van der Waals surface area contributed by atoms with E-state index in [4.69, 9.17) is 20.4 Å². The van der Waals surface area contributed by atoms with Crippen LogP contribution in [0.25, 0.3) is 0 Å². The van der Waals surface area contributed by atoms with Crippen molar-refractivity contribution < 1.29 is 45.0 Å². The van der Waals surface area contributed by atoms with E-state index in [0.717, 1.165) is 51.4 Å². The van der Waals surface area contributed by atoms with Crippen LogP contribution in [0, 0.1) is 0 Å². The molecule has 4 nitrogen and oxygen atoms in total. The summed E-state index contributed by atoms with van der Waals surface area (Å²) < 4.78 is 0. The fourth-order valence-corrected chi connectivity index (χ4v) is 0.632. The predicted octanol–water partition coefficient (Wildman–Crippen LogP) is 2.96. The van der Waals surface area contributed by atoms with Crippen LogP contribution < -0.4 is 0 Å². The van der Waals surface area contributed by atoms with Crippen LogP contribution in [0.3, 0.4) is 0 Å². The van der Waals surface area contributed by atoms with Crippen molar-refractivity contribution in [1.29, 1.82) is 0 Å². The first-order chi connectivity index (χ1) is 9.66. The molecular weight excluding hydrogens is 328 g/mol. The second-order valence-corrected chi connectivity index (χ2v) is 4.31. The van der Waals surface area contributed by atoms with E-state index >= 15 is 0 Å². The Morgan fingerprint density at radius 3 is 0.636 bits per heavy atom. The van der Waals surface area contributed by atoms with Gasteiger partial charge < -0.3 is 23.3 Å². The molecule has 0 radical (unpaired) electrons. The Morgan fingerprint density at radius 2 is 0.636 bits per heavy atom. The van der Waals surface area contributed by atoms with Crippen molar-refractivity contribution in [2.24, 2.45) is 0 Å². The summed E-state index contributed by atoms with van der Waals surface area (Å²) in [7, 11) is 0. The van der Waals surface area contributed by atoms with Gasteiger partial charge in [0.25, 0.3) is 0 Å². The van der Waals surface area contributed by atoms with Gasteiger partial charge in [-0.2, -0.15) is 0 Å². The zero-order valence-electron chi connectivity index (χ0n) is 17.5. The smallest absolute Gasteiger partial charge is 1.00 e. The molecule has 0 aliphatic carbocycles. The number of aliphatic hydroxyl groups is 4. The van der Waals surface area contributed by atoms with Crippen LogP contribution >= 0.6 is 0 Å². The minimum Gasteiger partial charge on any atom is -1.00 e. The van der Waals surface area contributed by atoms with E-state index < -0.39 is 0 Å². The Hall–Kier alpha value is 1.32. The third kappa shape index (κ3) is 101. The zero-order chi connectivity index (χ0) is 16.5. The standard InChI is InChI=1S/4C4H10O.Mg.Ti.2H/c4*1-2-3-4-5;;;;/h4*5H,2-4H2,1H3;;;;/q;;;;+2;;2*-1. The van der Waals surface area contributed by atoms with Gasteiger partial charge in [0.1, 0.15) is 0 Å². The zero-order valence-corrected chi connectivity index (χ0v) is 18.5. The van der Waals surface area contributed by atoms with Crippen LogP contribution in [0.4, 0.5) is 0 Å². The fourth-order valence-electron chi connectivity index (χ4n) is 0.632. The van der Waals surface area contributed by atoms with Gasteiger partial charge in [-0.05, 0) is 25.7 Å². The first-order valence-corrected chi connectivity index (χ1v) is 8.09. The molecule has 0 saturated heterocycles. The second kappa shape index (κ2) is 57.2. The van der Waals surface area contributed by atoms with Crippen LogP contribution in [-0.2, 0) is 21.7 Å². The van der Waals surface area contributed by atoms with Gasteiger partial charge in [-0.25, -0.2) is 0 Å². The van der Waals surface area contributed by atoms with E-state index in [-0.39, 0.29) is 47.6 Å². The van der Waals surface area contributed by atoms with E-state index in [1.807, 2.05) is 0 Å². The molecule has 0 aliphatic rings. The third-order valence-electron chi connectivity index (χ3n) is 2.05. The molecule has 0 saturated carbocycles. The quantitative estimate of drug-likeness (QED) is 0.495. The minimum atomic E-state index is 0. The normalized spacial score (nSPS) is 7.64. The molecule has 6 heteroatoms. The predicted molar refractivity (Wildman–Crippen MR) is 96.0 cm³/mol. The van der Waals surface area contributed by atoms with Crippen LogP contribution in [0.1, 0.15) is 81.9 Å². The Kier molecular flexibility index (Phi) is 101. The molecular formula is C16H42MgO4Ti. The van der Waals surface area contributed by atoms with Crippen molar-refractivity contribution in [3.63, 3.8) is 0 Å². The summed E-state index contributed by atoms with van der Waals surface area (Å²) in [5.41, 5.74) is 0. The molecule has 0 atom stereocenters. The van der Waals surface area contributed by atoms with Gasteiger partial charge in [0, 0.05) is 48.1 Å². The van der Waals surface area contributed by atoms with Crippen molar-refractivity contribution >= 4 is 23.1 Å². The average Bonchev–Trinajstić information content (AvgIpc) is 2.44. The summed E-state index contributed by atoms with van der Waals surface area (Å²) in [5.74, 6) is 0. The maximum absolute atomic E-state index is 8.07. The third-order valence-corrected chi connectivity index (χ3v) is 2.05. The van der Waals surface area contributed by atoms with Gasteiger partial charge in [-0.1, -0.05) is 53.4 Å². The topological polar surface area (TPSA) is 80.9 Å². The Balaban J connectivity index is -0.0000000225. The summed E-state index contributed by atoms with van der Waals surface area (Å²) >= 11 is 0. The van der Waals surface area contributed by atoms with E-state index in [0.29, 0.717) is 26.4 Å². The maximum atomic E-state index is 8.07. The summed E-state index contributed by atoms with van der Waals surface area (Å²) in [6.07, 6.45) is 8.15. The Bertz CT molecular complexity index is 90.1. The van der Waals surface area contributed by atoms with Crippen LogP contribution in [0.5, 0.6) is 0 Å². The van der Waals surface area contributed by atoms with Crippen molar-refractivity contribution in [2.45, 2.75) is 79.1 Å². The number of unbranched alkanes of at least 4 members (excludes halogenated alkanes) is 4. The average molecular weight is 371 g/mol. The monoisotopic (exact) mass is 370 g/mol. The van der Waals surface area contributed by atoms with Gasteiger partial charge >= 0.3 is 23.1 Å². The van der Waals surface area contributed by atoms with Gasteiger partial charge in [0.05, 0.1) is 0 Å². The van der Waals surface area contributed by atoms with Crippen LogP contribution in [0.2, 0.25) is 0 Å². The van der Waals surface area contributed by atoms with Crippen molar-refractivity contribution in [3.8, 4) is 0 Å². The number of hydrogen-bond acceptors (Lipinski definition) is 4. The molecule has 4 N–H and O–H groups in total. The molecule has 0 rings (SSSR count). The molecule has 0 bridgehead atoms. The van der Waals surface area contributed by atoms with E-state index in [1.54, 1.807) is 0 Å².